The molecule has 5 heterocycles. The first-order valence-electron chi connectivity index (χ1n) is 13.8. The van der Waals surface area contributed by atoms with Crippen LogP contribution in [0.1, 0.15) is 70.4 Å². The molecule has 1 amide bonds. The lowest BCUT2D eigenvalue weighted by molar-refractivity contribution is -0.138. The summed E-state index contributed by atoms with van der Waals surface area (Å²) < 4.78 is 1.80. The van der Waals surface area contributed by atoms with Gasteiger partial charge in [-0.1, -0.05) is 0 Å². The number of likely N-dealkylation sites (tertiary alicyclic amines) is 1. The van der Waals surface area contributed by atoms with Crippen LogP contribution in [0, 0.1) is 5.92 Å². The number of anilines is 3. The van der Waals surface area contributed by atoms with E-state index in [1.807, 2.05) is 34.2 Å². The maximum Gasteiger partial charge on any atom is 0.246 e. The van der Waals surface area contributed by atoms with Crippen LogP contribution in [0.25, 0.3) is 5.52 Å². The van der Waals surface area contributed by atoms with Crippen molar-refractivity contribution in [2.45, 2.75) is 76.3 Å². The number of carbonyl (C=O) groups excluding carboxylic acids is 2. The Balaban J connectivity index is 1.18. The Bertz CT molecular complexity index is 1340. The van der Waals surface area contributed by atoms with E-state index in [1.54, 1.807) is 18.4 Å². The number of amides is 1. The van der Waals surface area contributed by atoms with Crippen LogP contribution in [-0.2, 0) is 9.59 Å². The molecule has 0 aromatic carbocycles. The lowest BCUT2D eigenvalue weighted by Gasteiger charge is -2.36. The predicted octanol–water partition coefficient (Wildman–Crippen LogP) is 2.98. The number of nitrogens with two attached hydrogens (primary N) is 1. The molecule has 0 radical (unpaired) electrons. The Morgan fingerprint density at radius 1 is 1.18 bits per heavy atom. The molecule has 202 valence electrons. The zero-order chi connectivity index (χ0) is 26.4. The summed E-state index contributed by atoms with van der Waals surface area (Å²) >= 11 is 0. The zero-order valence-corrected chi connectivity index (χ0v) is 22.2. The van der Waals surface area contributed by atoms with Crippen molar-refractivity contribution in [1.82, 2.24) is 29.7 Å². The molecule has 0 bridgehead atoms. The number of hydrogen-bond donors (Lipinski definition) is 3. The van der Waals surface area contributed by atoms with Crippen LogP contribution in [0.2, 0.25) is 0 Å². The van der Waals surface area contributed by atoms with Crippen LogP contribution in [0.5, 0.6) is 0 Å². The van der Waals surface area contributed by atoms with E-state index in [9.17, 15) is 9.59 Å². The number of Topliss-reactive ketones (excluding diaryl/α,β-unsaturated/α-hetero) is 1. The summed E-state index contributed by atoms with van der Waals surface area (Å²) in [6.07, 6.45) is 8.28. The van der Waals surface area contributed by atoms with Crippen LogP contribution in [0.4, 0.5) is 17.6 Å². The number of nitrogens with zero attached hydrogens (tertiary/aromatic N) is 6. The van der Waals surface area contributed by atoms with E-state index in [-0.39, 0.29) is 23.7 Å². The summed E-state index contributed by atoms with van der Waals surface area (Å²) in [6, 6.07) is 5.68. The number of aromatic nitrogens is 5. The number of ketones is 1. The minimum Gasteiger partial charge on any atom is -0.341 e. The lowest BCUT2D eigenvalue weighted by atomic mass is 9.89. The molecule has 2 aliphatic heterocycles. The standard InChI is InChI=1S/C27H37N9O2/c1-27(2,28)25(38)34-11-3-6-17(16-34)14-22(37)20-7-4-12-35(20)26-30-24(21-8-5-13-36(21)33-26)29-23-15-19(31-32-23)18-9-10-18/h5,8,13,15,17-18,20H,3-4,6-7,9-12,14,16,28H2,1-2H3,(H2,29,30,31,32,33)/t17?,20-/m0/s1. The topological polar surface area (TPSA) is 138 Å². The van der Waals surface area contributed by atoms with Crippen molar-refractivity contribution >= 4 is 34.8 Å². The van der Waals surface area contributed by atoms with E-state index < -0.39 is 5.54 Å². The molecular formula is C27H37N9O2. The first-order chi connectivity index (χ1) is 18.3. The third-order valence-corrected chi connectivity index (χ3v) is 7.97. The normalized spacial score (nSPS) is 22.3. The van der Waals surface area contributed by atoms with Crippen molar-refractivity contribution < 1.29 is 9.59 Å². The van der Waals surface area contributed by atoms with Crippen molar-refractivity contribution in [1.29, 1.82) is 0 Å². The maximum absolute atomic E-state index is 13.6. The van der Waals surface area contributed by atoms with Gasteiger partial charge in [0.05, 0.1) is 11.6 Å². The Hall–Kier alpha value is -3.47. The minimum absolute atomic E-state index is 0.0493. The van der Waals surface area contributed by atoms with Gasteiger partial charge in [0.1, 0.15) is 5.52 Å². The second-order valence-electron chi connectivity index (χ2n) is 11.7. The molecule has 3 aromatic rings. The molecule has 6 rings (SSSR count). The number of nitrogens with one attached hydrogen (secondary N) is 2. The number of piperidine rings is 1. The van der Waals surface area contributed by atoms with Crippen LogP contribution in [0.15, 0.2) is 24.4 Å². The number of rotatable bonds is 8. The summed E-state index contributed by atoms with van der Waals surface area (Å²) in [5, 5.41) is 15.7. The van der Waals surface area contributed by atoms with Gasteiger partial charge >= 0.3 is 0 Å². The van der Waals surface area contributed by atoms with E-state index >= 15 is 0 Å². The lowest BCUT2D eigenvalue weighted by Crippen LogP contribution is -2.54. The number of aromatic amines is 1. The van der Waals surface area contributed by atoms with Crippen molar-refractivity contribution in [2.24, 2.45) is 11.7 Å². The van der Waals surface area contributed by atoms with Gasteiger partial charge in [0.15, 0.2) is 17.4 Å². The van der Waals surface area contributed by atoms with Gasteiger partial charge in [-0.05, 0) is 70.4 Å². The molecule has 1 aliphatic carbocycles. The van der Waals surface area contributed by atoms with E-state index in [2.05, 4.69) is 15.5 Å². The second-order valence-corrected chi connectivity index (χ2v) is 11.7. The van der Waals surface area contributed by atoms with E-state index in [0.29, 0.717) is 37.2 Å². The Morgan fingerprint density at radius 2 is 2.00 bits per heavy atom. The third kappa shape index (κ3) is 4.99. The second kappa shape index (κ2) is 9.68. The molecule has 4 N–H and O–H groups in total. The fraction of sp³-hybridized carbons (Fsp3) is 0.593. The van der Waals surface area contributed by atoms with Crippen LogP contribution >= 0.6 is 0 Å². The van der Waals surface area contributed by atoms with Crippen LogP contribution in [-0.4, -0.2) is 72.6 Å². The van der Waals surface area contributed by atoms with Crippen LogP contribution < -0.4 is 16.0 Å². The smallest absolute Gasteiger partial charge is 0.246 e. The molecule has 38 heavy (non-hydrogen) atoms. The highest BCUT2D eigenvalue weighted by Crippen LogP contribution is 2.40. The van der Waals surface area contributed by atoms with Gasteiger partial charge in [-0.25, -0.2) is 4.52 Å². The SMILES string of the molecule is CC(C)(N)C(=O)N1CCCC(CC(=O)[C@@H]2CCCN2c2nc(Nc3cc(C4CC4)[nH]n3)c3cccn3n2)C1. The quantitative estimate of drug-likeness (QED) is 0.413. The van der Waals surface area contributed by atoms with Gasteiger partial charge < -0.3 is 20.9 Å². The summed E-state index contributed by atoms with van der Waals surface area (Å²) in [6.45, 7) is 5.50. The van der Waals surface area contributed by atoms with Gasteiger partial charge in [0.25, 0.3) is 0 Å². The maximum atomic E-state index is 13.6. The molecule has 1 unspecified atom stereocenters. The minimum atomic E-state index is -0.899. The molecule has 3 aliphatic rings. The largest absolute Gasteiger partial charge is 0.341 e. The first-order valence-corrected chi connectivity index (χ1v) is 13.8. The molecular weight excluding hydrogens is 482 g/mol. The fourth-order valence-electron chi connectivity index (χ4n) is 5.85. The van der Waals surface area contributed by atoms with Crippen molar-refractivity contribution in [2.75, 3.05) is 29.9 Å². The third-order valence-electron chi connectivity index (χ3n) is 7.97. The number of H-pyrrole nitrogens is 1. The molecule has 11 heteroatoms. The molecule has 11 nitrogen and oxygen atoms in total. The Kier molecular flexibility index (Phi) is 6.33. The van der Waals surface area contributed by atoms with Crippen LogP contribution in [0.3, 0.4) is 0 Å². The average molecular weight is 520 g/mol. The highest BCUT2D eigenvalue weighted by atomic mass is 16.2. The molecule has 3 aromatic heterocycles. The van der Waals surface area contributed by atoms with Gasteiger partial charge in [-0.15, -0.1) is 5.10 Å². The molecule has 2 saturated heterocycles. The predicted molar refractivity (Wildman–Crippen MR) is 144 cm³/mol. The molecule has 1 saturated carbocycles. The highest BCUT2D eigenvalue weighted by molar-refractivity contribution is 5.88. The molecule has 0 spiro atoms. The van der Waals surface area contributed by atoms with E-state index in [4.69, 9.17) is 15.8 Å². The Morgan fingerprint density at radius 3 is 2.79 bits per heavy atom. The average Bonchev–Trinajstić information content (AvgIpc) is 3.25. The van der Waals surface area contributed by atoms with E-state index in [0.717, 1.165) is 49.3 Å². The monoisotopic (exact) mass is 519 g/mol. The number of carbonyl (C=O) groups is 2. The molecule has 3 fully saturated rings. The summed E-state index contributed by atoms with van der Waals surface area (Å²) in [5.41, 5.74) is 7.16. The van der Waals surface area contributed by atoms with Gasteiger partial charge in [-0.3, -0.25) is 14.7 Å². The van der Waals surface area contributed by atoms with Crippen molar-refractivity contribution in [3.8, 4) is 0 Å². The Labute approximate surface area is 222 Å². The van der Waals surface area contributed by atoms with E-state index in [1.165, 1.54) is 12.8 Å². The number of fused-ring (bicyclic) bond motifs is 1. The number of hydrogen-bond acceptors (Lipinski definition) is 8. The summed E-state index contributed by atoms with van der Waals surface area (Å²) in [7, 11) is 0. The first kappa shape index (κ1) is 24.8. The van der Waals surface area contributed by atoms with Gasteiger partial charge in [0.2, 0.25) is 11.9 Å². The van der Waals surface area contributed by atoms with Gasteiger partial charge in [-0.2, -0.15) is 10.1 Å². The summed E-state index contributed by atoms with van der Waals surface area (Å²) in [4.78, 5) is 35.0. The summed E-state index contributed by atoms with van der Waals surface area (Å²) in [5.74, 6) is 2.81. The van der Waals surface area contributed by atoms with Gasteiger partial charge in [0, 0.05) is 49.9 Å². The highest BCUT2D eigenvalue weighted by Gasteiger charge is 2.37. The van der Waals surface area contributed by atoms with Crippen molar-refractivity contribution in [3.63, 3.8) is 0 Å². The van der Waals surface area contributed by atoms with Crippen molar-refractivity contribution in [3.05, 3.63) is 30.1 Å². The fourth-order valence-corrected chi connectivity index (χ4v) is 5.85. The molecule has 2 atom stereocenters. The zero-order valence-electron chi connectivity index (χ0n) is 22.2.